The first-order valence-electron chi connectivity index (χ1n) is 2.52. The van der Waals surface area contributed by atoms with E-state index >= 15 is 0 Å². The van der Waals surface area contributed by atoms with Crippen molar-refractivity contribution in [2.24, 2.45) is 0 Å². The average Bonchev–Trinajstić information content (AvgIpc) is 2.14. The van der Waals surface area contributed by atoms with Crippen molar-refractivity contribution in [2.45, 2.75) is 13.5 Å². The number of nitrogens with zero attached hydrogens (tertiary/aromatic N) is 2. The Morgan fingerprint density at radius 2 is 2.62 bits per heavy atom. The standard InChI is InChI=1S/C5H7IN2/c1-2-8-5(6)3-4-7-8/h3-4H,2H2,1H3. The molecule has 0 saturated carbocycles. The number of aromatic nitrogens is 2. The van der Waals surface area contributed by atoms with Gasteiger partial charge in [-0.15, -0.1) is 0 Å². The van der Waals surface area contributed by atoms with Gasteiger partial charge < -0.3 is 0 Å². The molecule has 1 heterocycles. The van der Waals surface area contributed by atoms with E-state index in [2.05, 4.69) is 34.6 Å². The van der Waals surface area contributed by atoms with Gasteiger partial charge in [0.05, 0.1) is 9.90 Å². The van der Waals surface area contributed by atoms with Crippen molar-refractivity contribution in [2.75, 3.05) is 0 Å². The van der Waals surface area contributed by atoms with Crippen LogP contribution in [0.5, 0.6) is 0 Å². The average molecular weight is 222 g/mol. The van der Waals surface area contributed by atoms with Gasteiger partial charge in [-0.1, -0.05) is 0 Å². The van der Waals surface area contributed by atoms with Crippen LogP contribution in [-0.4, -0.2) is 9.78 Å². The van der Waals surface area contributed by atoms with E-state index in [0.29, 0.717) is 0 Å². The third-order valence-corrected chi connectivity index (χ3v) is 1.88. The molecule has 0 bridgehead atoms. The minimum absolute atomic E-state index is 0.964. The molecule has 44 valence electrons. The fourth-order valence-corrected chi connectivity index (χ4v) is 1.18. The quantitative estimate of drug-likeness (QED) is 0.658. The van der Waals surface area contributed by atoms with Crippen molar-refractivity contribution in [3.05, 3.63) is 16.0 Å². The third kappa shape index (κ3) is 1.02. The Hall–Kier alpha value is -0.0600. The van der Waals surface area contributed by atoms with E-state index in [9.17, 15) is 0 Å². The molecule has 8 heavy (non-hydrogen) atoms. The Morgan fingerprint density at radius 1 is 1.88 bits per heavy atom. The highest BCUT2D eigenvalue weighted by Gasteiger charge is 1.90. The van der Waals surface area contributed by atoms with Crippen LogP contribution in [0.3, 0.4) is 0 Å². The second-order valence-corrected chi connectivity index (χ2v) is 2.57. The zero-order valence-electron chi connectivity index (χ0n) is 4.63. The van der Waals surface area contributed by atoms with Gasteiger partial charge in [-0.2, -0.15) is 5.10 Å². The molecule has 2 nitrogen and oxygen atoms in total. The summed E-state index contributed by atoms with van der Waals surface area (Å²) >= 11 is 2.26. The molecule has 0 aliphatic carbocycles. The molecular weight excluding hydrogens is 215 g/mol. The van der Waals surface area contributed by atoms with Crippen LogP contribution in [-0.2, 0) is 6.54 Å². The summed E-state index contributed by atoms with van der Waals surface area (Å²) in [6, 6.07) is 1.99. The number of rotatable bonds is 1. The molecule has 0 N–H and O–H groups in total. The normalized spacial score (nSPS) is 9.75. The summed E-state index contributed by atoms with van der Waals surface area (Å²) in [7, 11) is 0. The number of hydrogen-bond donors (Lipinski definition) is 0. The first kappa shape index (κ1) is 6.07. The van der Waals surface area contributed by atoms with Crippen LogP contribution < -0.4 is 0 Å². The van der Waals surface area contributed by atoms with Crippen LogP contribution in [0.25, 0.3) is 0 Å². The van der Waals surface area contributed by atoms with E-state index in [0.717, 1.165) is 6.54 Å². The molecular formula is C5H7IN2. The molecule has 0 fully saturated rings. The van der Waals surface area contributed by atoms with Gasteiger partial charge in [-0.3, -0.25) is 4.68 Å². The molecule has 3 heteroatoms. The monoisotopic (exact) mass is 222 g/mol. The first-order valence-corrected chi connectivity index (χ1v) is 3.59. The van der Waals surface area contributed by atoms with Crippen LogP contribution in [0.1, 0.15) is 6.92 Å². The van der Waals surface area contributed by atoms with Gasteiger partial charge in [-0.05, 0) is 35.6 Å². The minimum atomic E-state index is 0.964. The highest BCUT2D eigenvalue weighted by molar-refractivity contribution is 14.1. The highest BCUT2D eigenvalue weighted by Crippen LogP contribution is 2.00. The summed E-state index contributed by atoms with van der Waals surface area (Å²) in [5, 5.41) is 4.04. The Labute approximate surface area is 62.0 Å². The maximum atomic E-state index is 4.04. The lowest BCUT2D eigenvalue weighted by atomic mass is 10.7. The van der Waals surface area contributed by atoms with Crippen LogP contribution in [0.15, 0.2) is 12.3 Å². The van der Waals surface area contributed by atoms with Crippen LogP contribution in [0, 0.1) is 3.70 Å². The van der Waals surface area contributed by atoms with E-state index in [4.69, 9.17) is 0 Å². The van der Waals surface area contributed by atoms with E-state index in [1.807, 2.05) is 16.9 Å². The zero-order valence-corrected chi connectivity index (χ0v) is 6.79. The van der Waals surface area contributed by atoms with Gasteiger partial charge in [0.15, 0.2) is 0 Å². The number of hydrogen-bond acceptors (Lipinski definition) is 1. The summed E-state index contributed by atoms with van der Waals surface area (Å²) in [6.45, 7) is 3.04. The number of halogens is 1. The van der Waals surface area contributed by atoms with Crippen LogP contribution >= 0.6 is 22.6 Å². The lowest BCUT2D eigenvalue weighted by molar-refractivity contribution is 0.644. The Balaban J connectivity index is 2.92. The smallest absolute Gasteiger partial charge is 0.0989 e. The van der Waals surface area contributed by atoms with Crippen molar-refractivity contribution in [1.29, 1.82) is 0 Å². The molecule has 0 aliphatic rings. The molecule has 0 spiro atoms. The molecule has 1 aromatic rings. The minimum Gasteiger partial charge on any atom is -0.260 e. The van der Waals surface area contributed by atoms with E-state index in [1.165, 1.54) is 3.70 Å². The predicted molar refractivity (Wildman–Crippen MR) is 40.6 cm³/mol. The van der Waals surface area contributed by atoms with Crippen molar-refractivity contribution in [1.82, 2.24) is 9.78 Å². The summed E-state index contributed by atoms with van der Waals surface area (Å²) in [5.74, 6) is 0. The van der Waals surface area contributed by atoms with Crippen molar-refractivity contribution < 1.29 is 0 Å². The molecule has 0 unspecified atom stereocenters. The Bertz CT molecular complexity index is 171. The third-order valence-electron chi connectivity index (χ3n) is 0.964. The predicted octanol–water partition coefficient (Wildman–Crippen LogP) is 1.51. The van der Waals surface area contributed by atoms with Gasteiger partial charge in [0.25, 0.3) is 0 Å². The zero-order chi connectivity index (χ0) is 5.98. The molecule has 1 rings (SSSR count). The van der Waals surface area contributed by atoms with Gasteiger partial charge in [0.1, 0.15) is 0 Å². The largest absolute Gasteiger partial charge is 0.260 e. The lowest BCUT2D eigenvalue weighted by Gasteiger charge is -1.93. The van der Waals surface area contributed by atoms with Crippen molar-refractivity contribution in [3.63, 3.8) is 0 Å². The highest BCUT2D eigenvalue weighted by atomic mass is 127. The molecule has 0 atom stereocenters. The Morgan fingerprint density at radius 3 is 2.88 bits per heavy atom. The van der Waals surface area contributed by atoms with Gasteiger partial charge in [-0.25, -0.2) is 0 Å². The lowest BCUT2D eigenvalue weighted by Crippen LogP contribution is -1.97. The SMILES string of the molecule is CCn1nccc1I. The molecule has 0 amide bonds. The summed E-state index contributed by atoms with van der Waals surface area (Å²) in [4.78, 5) is 0. The fraction of sp³-hybridized carbons (Fsp3) is 0.400. The summed E-state index contributed by atoms with van der Waals surface area (Å²) < 4.78 is 3.14. The van der Waals surface area contributed by atoms with Gasteiger partial charge in [0.2, 0.25) is 0 Å². The number of aryl methyl sites for hydroxylation is 1. The summed E-state index contributed by atoms with van der Waals surface area (Å²) in [6.07, 6.45) is 1.81. The second-order valence-electron chi connectivity index (χ2n) is 1.47. The topological polar surface area (TPSA) is 17.8 Å². The van der Waals surface area contributed by atoms with Crippen LogP contribution in [0.4, 0.5) is 0 Å². The van der Waals surface area contributed by atoms with Gasteiger partial charge >= 0.3 is 0 Å². The van der Waals surface area contributed by atoms with Crippen LogP contribution in [0.2, 0.25) is 0 Å². The van der Waals surface area contributed by atoms with E-state index < -0.39 is 0 Å². The fourth-order valence-electron chi connectivity index (χ4n) is 0.549. The molecule has 0 aliphatic heterocycles. The van der Waals surface area contributed by atoms with Crippen molar-refractivity contribution in [3.8, 4) is 0 Å². The molecule has 0 aromatic carbocycles. The summed E-state index contributed by atoms with van der Waals surface area (Å²) in [5.41, 5.74) is 0. The van der Waals surface area contributed by atoms with E-state index in [-0.39, 0.29) is 0 Å². The van der Waals surface area contributed by atoms with Gasteiger partial charge in [0, 0.05) is 6.54 Å². The Kier molecular flexibility index (Phi) is 1.88. The maximum absolute atomic E-state index is 4.04. The maximum Gasteiger partial charge on any atom is 0.0989 e. The molecule has 0 saturated heterocycles. The van der Waals surface area contributed by atoms with E-state index in [1.54, 1.807) is 0 Å². The molecule has 1 aromatic heterocycles. The molecule has 0 radical (unpaired) electrons. The second kappa shape index (κ2) is 2.48. The first-order chi connectivity index (χ1) is 3.84. The van der Waals surface area contributed by atoms with Crippen molar-refractivity contribution >= 4 is 22.6 Å².